The van der Waals surface area contributed by atoms with Gasteiger partial charge in [-0.25, -0.2) is 18.4 Å². The van der Waals surface area contributed by atoms with Crippen molar-refractivity contribution in [3.05, 3.63) is 12.5 Å². The maximum atomic E-state index is 11.4. The molecular formula is C9H14N4O2S. The molecule has 0 bridgehead atoms. The summed E-state index contributed by atoms with van der Waals surface area (Å²) in [5.41, 5.74) is 6.21. The predicted octanol–water partition coefficient (Wildman–Crippen LogP) is -0.318. The van der Waals surface area contributed by atoms with Crippen molar-refractivity contribution in [1.82, 2.24) is 9.97 Å². The summed E-state index contributed by atoms with van der Waals surface area (Å²) in [5.74, 6) is 1.01. The van der Waals surface area contributed by atoms with Crippen molar-refractivity contribution in [1.29, 1.82) is 0 Å². The fraction of sp³-hybridized carbons (Fsp3) is 0.556. The van der Waals surface area contributed by atoms with E-state index < -0.39 is 9.84 Å². The van der Waals surface area contributed by atoms with E-state index in [4.69, 9.17) is 5.73 Å². The van der Waals surface area contributed by atoms with Gasteiger partial charge in [0.1, 0.15) is 6.33 Å². The fourth-order valence-electron chi connectivity index (χ4n) is 1.88. The number of anilines is 2. The Labute approximate surface area is 94.4 Å². The van der Waals surface area contributed by atoms with Gasteiger partial charge in [0.25, 0.3) is 0 Å². The average Bonchev–Trinajstić information content (AvgIpc) is 2.59. The van der Waals surface area contributed by atoms with Crippen LogP contribution in [0.25, 0.3) is 0 Å². The monoisotopic (exact) mass is 242 g/mol. The van der Waals surface area contributed by atoms with Crippen molar-refractivity contribution in [3.8, 4) is 0 Å². The molecule has 1 aromatic rings. The summed E-state index contributed by atoms with van der Waals surface area (Å²) in [7, 11) is -1.08. The van der Waals surface area contributed by atoms with E-state index in [1.165, 1.54) is 12.5 Å². The molecule has 1 aromatic heterocycles. The molecule has 0 amide bonds. The van der Waals surface area contributed by atoms with Crippen LogP contribution in [0.2, 0.25) is 0 Å². The Balaban J connectivity index is 2.21. The minimum absolute atomic E-state index is 0.0396. The maximum absolute atomic E-state index is 11.4. The lowest BCUT2D eigenvalue weighted by Crippen LogP contribution is -2.33. The van der Waals surface area contributed by atoms with Crippen LogP contribution in [-0.4, -0.2) is 43.0 Å². The van der Waals surface area contributed by atoms with Gasteiger partial charge in [0.15, 0.2) is 15.7 Å². The predicted molar refractivity (Wildman–Crippen MR) is 61.9 cm³/mol. The smallest absolute Gasteiger partial charge is 0.155 e. The fourth-order valence-corrected chi connectivity index (χ4v) is 3.66. The molecule has 1 unspecified atom stereocenters. The summed E-state index contributed by atoms with van der Waals surface area (Å²) in [4.78, 5) is 9.69. The van der Waals surface area contributed by atoms with E-state index in [2.05, 4.69) is 9.97 Å². The molecule has 0 saturated carbocycles. The first-order valence-electron chi connectivity index (χ1n) is 4.98. The third-order valence-corrected chi connectivity index (χ3v) is 4.56. The van der Waals surface area contributed by atoms with Crippen molar-refractivity contribution < 1.29 is 8.42 Å². The second kappa shape index (κ2) is 3.89. The molecule has 16 heavy (non-hydrogen) atoms. The summed E-state index contributed by atoms with van der Waals surface area (Å²) in [5, 5.41) is 0. The zero-order valence-corrected chi connectivity index (χ0v) is 9.81. The quantitative estimate of drug-likeness (QED) is 0.764. The van der Waals surface area contributed by atoms with Gasteiger partial charge < -0.3 is 10.6 Å². The van der Waals surface area contributed by atoms with Gasteiger partial charge in [0.2, 0.25) is 0 Å². The first kappa shape index (κ1) is 11.1. The van der Waals surface area contributed by atoms with E-state index in [1.807, 2.05) is 11.9 Å². The molecule has 1 saturated heterocycles. The molecule has 2 rings (SSSR count). The molecule has 0 aliphatic carbocycles. The number of rotatable bonds is 2. The number of nitrogens with two attached hydrogens (primary N) is 1. The average molecular weight is 242 g/mol. The Morgan fingerprint density at radius 2 is 2.31 bits per heavy atom. The van der Waals surface area contributed by atoms with E-state index in [1.54, 1.807) is 0 Å². The Morgan fingerprint density at radius 3 is 2.88 bits per heavy atom. The largest absolute Gasteiger partial charge is 0.394 e. The highest BCUT2D eigenvalue weighted by atomic mass is 32.2. The van der Waals surface area contributed by atoms with Gasteiger partial charge in [-0.1, -0.05) is 0 Å². The topological polar surface area (TPSA) is 89.2 Å². The molecule has 6 nitrogen and oxygen atoms in total. The molecule has 7 heteroatoms. The maximum Gasteiger partial charge on any atom is 0.155 e. The molecular weight excluding hydrogens is 228 g/mol. The number of hydrogen-bond donors (Lipinski definition) is 1. The first-order valence-corrected chi connectivity index (χ1v) is 6.80. The SMILES string of the molecule is CN(c1ncncc1N)C1CCS(=O)(=O)C1. The molecule has 0 radical (unpaired) electrons. The molecule has 1 atom stereocenters. The molecule has 0 spiro atoms. The van der Waals surface area contributed by atoms with Gasteiger partial charge in [-0.05, 0) is 6.42 Å². The van der Waals surface area contributed by atoms with Gasteiger partial charge in [-0.15, -0.1) is 0 Å². The lowest BCUT2D eigenvalue weighted by Gasteiger charge is -2.25. The number of nitrogen functional groups attached to an aromatic ring is 1. The highest BCUT2D eigenvalue weighted by Crippen LogP contribution is 2.24. The standard InChI is InChI=1S/C9H14N4O2S/c1-13(7-2-3-16(14,15)5-7)9-8(10)4-11-6-12-9/h4,6-7H,2-3,5,10H2,1H3. The molecule has 1 fully saturated rings. The van der Waals surface area contributed by atoms with Crippen molar-refractivity contribution in [2.24, 2.45) is 0 Å². The Hall–Kier alpha value is -1.37. The number of hydrogen-bond acceptors (Lipinski definition) is 6. The molecule has 1 aliphatic heterocycles. The summed E-state index contributed by atoms with van der Waals surface area (Å²) >= 11 is 0. The van der Waals surface area contributed by atoms with Crippen LogP contribution in [0.4, 0.5) is 11.5 Å². The molecule has 88 valence electrons. The Kier molecular flexibility index (Phi) is 2.71. The normalized spacial score (nSPS) is 23.2. The lowest BCUT2D eigenvalue weighted by atomic mass is 10.2. The van der Waals surface area contributed by atoms with Gasteiger partial charge >= 0.3 is 0 Å². The van der Waals surface area contributed by atoms with Crippen molar-refractivity contribution in [3.63, 3.8) is 0 Å². The second-order valence-electron chi connectivity index (χ2n) is 3.97. The zero-order valence-electron chi connectivity index (χ0n) is 9.00. The Morgan fingerprint density at radius 1 is 1.56 bits per heavy atom. The van der Waals surface area contributed by atoms with Crippen LogP contribution >= 0.6 is 0 Å². The van der Waals surface area contributed by atoms with Gasteiger partial charge in [0, 0.05) is 13.1 Å². The number of nitrogens with zero attached hydrogens (tertiary/aromatic N) is 3. The third kappa shape index (κ3) is 2.08. The van der Waals surface area contributed by atoms with Gasteiger partial charge in [0.05, 0.1) is 23.4 Å². The molecule has 2 N–H and O–H groups in total. The van der Waals surface area contributed by atoms with Crippen LogP contribution in [0.5, 0.6) is 0 Å². The summed E-state index contributed by atoms with van der Waals surface area (Å²) < 4.78 is 22.7. The van der Waals surface area contributed by atoms with Crippen molar-refractivity contribution >= 4 is 21.3 Å². The second-order valence-corrected chi connectivity index (χ2v) is 6.20. The van der Waals surface area contributed by atoms with E-state index in [-0.39, 0.29) is 17.5 Å². The van der Waals surface area contributed by atoms with Crippen LogP contribution < -0.4 is 10.6 Å². The minimum atomic E-state index is -2.89. The van der Waals surface area contributed by atoms with Crippen LogP contribution in [0.3, 0.4) is 0 Å². The van der Waals surface area contributed by atoms with E-state index in [0.29, 0.717) is 17.9 Å². The molecule has 2 heterocycles. The highest BCUT2D eigenvalue weighted by Gasteiger charge is 2.31. The van der Waals surface area contributed by atoms with Crippen LogP contribution in [0, 0.1) is 0 Å². The highest BCUT2D eigenvalue weighted by molar-refractivity contribution is 7.91. The van der Waals surface area contributed by atoms with Crippen molar-refractivity contribution in [2.75, 3.05) is 29.2 Å². The molecule has 0 aromatic carbocycles. The molecule has 1 aliphatic rings. The van der Waals surface area contributed by atoms with E-state index in [9.17, 15) is 8.42 Å². The first-order chi connectivity index (χ1) is 7.49. The zero-order chi connectivity index (χ0) is 11.8. The summed E-state index contributed by atoms with van der Waals surface area (Å²) in [6.45, 7) is 0. The third-order valence-electron chi connectivity index (χ3n) is 2.81. The number of sulfone groups is 1. The van der Waals surface area contributed by atoms with Crippen LogP contribution in [-0.2, 0) is 9.84 Å². The van der Waals surface area contributed by atoms with Crippen LogP contribution in [0.15, 0.2) is 12.5 Å². The summed E-state index contributed by atoms with van der Waals surface area (Å²) in [6.07, 6.45) is 3.55. The van der Waals surface area contributed by atoms with E-state index >= 15 is 0 Å². The van der Waals surface area contributed by atoms with E-state index in [0.717, 1.165) is 0 Å². The Bertz CT molecular complexity index is 488. The van der Waals surface area contributed by atoms with Crippen molar-refractivity contribution in [2.45, 2.75) is 12.5 Å². The van der Waals surface area contributed by atoms with Crippen LogP contribution in [0.1, 0.15) is 6.42 Å². The lowest BCUT2D eigenvalue weighted by molar-refractivity contribution is 0.600. The number of aromatic nitrogens is 2. The van der Waals surface area contributed by atoms with Gasteiger partial charge in [-0.2, -0.15) is 0 Å². The van der Waals surface area contributed by atoms with Gasteiger partial charge in [-0.3, -0.25) is 0 Å². The minimum Gasteiger partial charge on any atom is -0.394 e. The summed E-state index contributed by atoms with van der Waals surface area (Å²) in [6, 6.07) is -0.0396.